The molecule has 0 radical (unpaired) electrons. The molecule has 1 aliphatic heterocycles. The van der Waals surface area contributed by atoms with E-state index < -0.39 is 24.4 Å². The molecule has 0 spiro atoms. The van der Waals surface area contributed by atoms with Crippen LogP contribution < -0.4 is 10.7 Å². The van der Waals surface area contributed by atoms with Crippen LogP contribution in [0.5, 0.6) is 0 Å². The van der Waals surface area contributed by atoms with E-state index in [9.17, 15) is 5.11 Å². The molecule has 33 heavy (non-hydrogen) atoms. The van der Waals surface area contributed by atoms with Crippen LogP contribution in [0.4, 0.5) is 8.78 Å². The Bertz CT molecular complexity index is 1160. The van der Waals surface area contributed by atoms with Crippen molar-refractivity contribution >= 4 is 6.08 Å². The molecule has 2 aromatic heterocycles. The van der Waals surface area contributed by atoms with E-state index in [0.717, 1.165) is 11.1 Å². The number of aliphatic hydroxyl groups excluding tert-OH is 1. The van der Waals surface area contributed by atoms with Gasteiger partial charge in [-0.25, -0.2) is 8.78 Å². The Morgan fingerprint density at radius 1 is 1.27 bits per heavy atom. The first-order valence-corrected chi connectivity index (χ1v) is 10.6. The smallest absolute Gasteiger partial charge is 0.186 e. The number of allylic oxidation sites excluding steroid dienone is 2. The van der Waals surface area contributed by atoms with Crippen molar-refractivity contribution in [2.75, 3.05) is 34.0 Å². The third kappa shape index (κ3) is 5.63. The average Bonchev–Trinajstić information content (AvgIpc) is 3.26. The maximum atomic E-state index is 15.3. The largest absolute Gasteiger partial charge is 0.498 e. The maximum Gasteiger partial charge on any atom is 0.186 e. The second kappa shape index (κ2) is 11.2. The number of fused-ring (bicyclic) bond motifs is 1. The van der Waals surface area contributed by atoms with E-state index in [0.29, 0.717) is 23.5 Å². The highest BCUT2D eigenvalue weighted by molar-refractivity contribution is 5.60. The summed E-state index contributed by atoms with van der Waals surface area (Å²) < 4.78 is 42.0. The predicted octanol–water partition coefficient (Wildman–Crippen LogP) is 1.97. The normalized spacial score (nSPS) is 16.8. The second-order valence-electron chi connectivity index (χ2n) is 7.61. The maximum absolute atomic E-state index is 15.3. The Morgan fingerprint density at radius 3 is 2.70 bits per heavy atom. The molecule has 0 aliphatic carbocycles. The summed E-state index contributed by atoms with van der Waals surface area (Å²) in [5.41, 5.74) is 1.44. The zero-order chi connectivity index (χ0) is 24.0. The van der Waals surface area contributed by atoms with Crippen LogP contribution in [0.15, 0.2) is 52.8 Å². The average molecular weight is 462 g/mol. The van der Waals surface area contributed by atoms with Crippen molar-refractivity contribution < 1.29 is 23.4 Å². The molecule has 1 N–H and O–H groups in total. The Hall–Kier alpha value is -3.11. The molecule has 0 aromatic carbocycles. The molecule has 0 saturated heterocycles. The van der Waals surface area contributed by atoms with Gasteiger partial charge in [-0.15, -0.1) is 0 Å². The number of nitrogens with zero attached hydrogens (tertiary/aromatic N) is 5. The summed E-state index contributed by atoms with van der Waals surface area (Å²) in [6.07, 6.45) is 7.33. The number of rotatable bonds is 10. The Morgan fingerprint density at radius 2 is 2.06 bits per heavy atom. The fourth-order valence-corrected chi connectivity index (χ4v) is 3.58. The van der Waals surface area contributed by atoms with Gasteiger partial charge in [0.25, 0.3) is 0 Å². The van der Waals surface area contributed by atoms with E-state index in [1.165, 1.54) is 26.0 Å². The fraction of sp³-hybridized carbons (Fsp3) is 0.435. The zero-order valence-corrected chi connectivity index (χ0v) is 19.3. The number of pyridine rings is 1. The van der Waals surface area contributed by atoms with E-state index in [2.05, 4.69) is 10.1 Å². The molecule has 10 heteroatoms. The van der Waals surface area contributed by atoms with E-state index in [-0.39, 0.29) is 24.6 Å². The summed E-state index contributed by atoms with van der Waals surface area (Å²) in [5, 5.41) is 14.9. The third-order valence-electron chi connectivity index (χ3n) is 5.30. The molecule has 1 aliphatic rings. The summed E-state index contributed by atoms with van der Waals surface area (Å²) in [7, 11) is 4.48. The molecular weight excluding hydrogens is 432 g/mol. The van der Waals surface area contributed by atoms with Crippen molar-refractivity contribution in [3.05, 3.63) is 58.5 Å². The number of hydrogen-bond donors (Lipinski definition) is 1. The van der Waals surface area contributed by atoms with Gasteiger partial charge in [0, 0.05) is 57.3 Å². The number of aryl methyl sites for hydroxylation is 1. The molecule has 0 saturated carbocycles. The molecular formula is C23H29F2N5O3. The van der Waals surface area contributed by atoms with Gasteiger partial charge in [0.2, 0.25) is 0 Å². The van der Waals surface area contributed by atoms with Crippen LogP contribution in [0.25, 0.3) is 17.2 Å². The minimum Gasteiger partial charge on any atom is -0.498 e. The highest BCUT2D eigenvalue weighted by Gasteiger charge is 2.28. The van der Waals surface area contributed by atoms with Gasteiger partial charge in [-0.1, -0.05) is 6.08 Å². The summed E-state index contributed by atoms with van der Waals surface area (Å²) in [5.74, 6) is -1.69. The number of aliphatic hydroxyl groups is 1. The molecule has 3 heterocycles. The Kier molecular flexibility index (Phi) is 8.29. The van der Waals surface area contributed by atoms with Crippen molar-refractivity contribution in [1.29, 1.82) is 0 Å². The van der Waals surface area contributed by atoms with Crippen LogP contribution >= 0.6 is 0 Å². The zero-order valence-electron chi connectivity index (χ0n) is 19.3. The molecule has 3 rings (SSSR count). The minimum absolute atomic E-state index is 0.0639. The standard InChI is InChI=1S/C23H29F2N5O3/c1-15(33-4)22(25)23(18(24)14-32-3)30(8-5-9-31)21-7-6-19-20(28-21)10-16(11-26-19)17-12-27-29(2)13-17/h6,10-13,21,31H,5,7-9,14H2,1-4H3/b22-15-,23-18-. The minimum atomic E-state index is -0.840. The van der Waals surface area contributed by atoms with Gasteiger partial charge >= 0.3 is 0 Å². The first kappa shape index (κ1) is 24.5. The van der Waals surface area contributed by atoms with Gasteiger partial charge in [0.05, 0.1) is 24.0 Å². The predicted molar refractivity (Wildman–Crippen MR) is 119 cm³/mol. The lowest BCUT2D eigenvalue weighted by Gasteiger charge is -2.33. The molecule has 0 bridgehead atoms. The van der Waals surface area contributed by atoms with Gasteiger partial charge < -0.3 is 19.5 Å². The lowest BCUT2D eigenvalue weighted by atomic mass is 10.1. The Balaban J connectivity index is 2.09. The quantitative estimate of drug-likeness (QED) is 0.430. The lowest BCUT2D eigenvalue weighted by molar-refractivity contribution is 0.178. The first-order valence-electron chi connectivity index (χ1n) is 10.6. The van der Waals surface area contributed by atoms with Gasteiger partial charge in [-0.05, 0) is 19.4 Å². The summed E-state index contributed by atoms with van der Waals surface area (Å²) in [4.78, 5) is 10.8. The van der Waals surface area contributed by atoms with Gasteiger partial charge in [0.15, 0.2) is 11.7 Å². The van der Waals surface area contributed by atoms with Crippen molar-refractivity contribution in [3.8, 4) is 11.1 Å². The summed E-state index contributed by atoms with van der Waals surface area (Å²) in [6, 6.07) is 1.88. The molecule has 1 unspecified atom stereocenters. The summed E-state index contributed by atoms with van der Waals surface area (Å²) >= 11 is 0. The first-order chi connectivity index (χ1) is 15.9. The number of methoxy groups -OCH3 is 2. The van der Waals surface area contributed by atoms with Crippen molar-refractivity contribution in [2.24, 2.45) is 12.0 Å². The highest BCUT2D eigenvalue weighted by atomic mass is 19.1. The molecule has 0 amide bonds. The highest BCUT2D eigenvalue weighted by Crippen LogP contribution is 2.29. The van der Waals surface area contributed by atoms with E-state index in [1.54, 1.807) is 17.1 Å². The van der Waals surface area contributed by atoms with Crippen molar-refractivity contribution in [1.82, 2.24) is 19.7 Å². The number of aromatic nitrogens is 3. The molecule has 178 valence electrons. The SMILES string of the molecule is COC/C(F)=C(\C(F)=C(/C)OC)N(CCCO)C1CC=c2ncc(-c3cnn(C)c3)cc2=N1. The van der Waals surface area contributed by atoms with E-state index >= 15 is 8.78 Å². The molecule has 1 atom stereocenters. The topological polar surface area (TPSA) is 85.0 Å². The van der Waals surface area contributed by atoms with Crippen LogP contribution in [-0.2, 0) is 16.5 Å². The second-order valence-corrected chi connectivity index (χ2v) is 7.61. The van der Waals surface area contributed by atoms with Gasteiger partial charge in [-0.3, -0.25) is 14.7 Å². The molecule has 8 nitrogen and oxygen atoms in total. The van der Waals surface area contributed by atoms with Crippen LogP contribution in [0.2, 0.25) is 0 Å². The monoisotopic (exact) mass is 461 g/mol. The molecule has 2 aromatic rings. The van der Waals surface area contributed by atoms with Gasteiger partial charge in [0.1, 0.15) is 24.2 Å². The number of hydrogen-bond acceptors (Lipinski definition) is 7. The summed E-state index contributed by atoms with van der Waals surface area (Å²) in [6.45, 7) is 1.06. The number of halogens is 2. The molecule has 0 fully saturated rings. The van der Waals surface area contributed by atoms with Crippen LogP contribution in [-0.4, -0.2) is 64.9 Å². The van der Waals surface area contributed by atoms with Crippen LogP contribution in [0.1, 0.15) is 19.8 Å². The Labute approximate surface area is 191 Å². The van der Waals surface area contributed by atoms with E-state index in [4.69, 9.17) is 14.5 Å². The van der Waals surface area contributed by atoms with Crippen LogP contribution in [0.3, 0.4) is 0 Å². The van der Waals surface area contributed by atoms with Gasteiger partial charge in [-0.2, -0.15) is 5.10 Å². The third-order valence-corrected chi connectivity index (χ3v) is 5.30. The fourth-order valence-electron chi connectivity index (χ4n) is 3.58. The van der Waals surface area contributed by atoms with Crippen LogP contribution in [0, 0.1) is 0 Å². The van der Waals surface area contributed by atoms with E-state index in [1.807, 2.05) is 25.4 Å². The number of ether oxygens (including phenoxy) is 2. The van der Waals surface area contributed by atoms with Crippen molar-refractivity contribution in [3.63, 3.8) is 0 Å². The lowest BCUT2D eigenvalue weighted by Crippen LogP contribution is -2.42. The van der Waals surface area contributed by atoms with Crippen molar-refractivity contribution in [2.45, 2.75) is 25.9 Å².